The normalized spacial score (nSPS) is 17.3. The molecule has 6 nitrogen and oxygen atoms in total. The summed E-state index contributed by atoms with van der Waals surface area (Å²) in [4.78, 5) is 19.7. The molecule has 6 heteroatoms. The van der Waals surface area contributed by atoms with Crippen molar-refractivity contribution < 1.29 is 4.74 Å². The number of hydrogen-bond acceptors (Lipinski definition) is 5. The van der Waals surface area contributed by atoms with E-state index in [4.69, 9.17) is 4.74 Å². The first-order chi connectivity index (χ1) is 13.7. The van der Waals surface area contributed by atoms with Crippen molar-refractivity contribution in [3.63, 3.8) is 0 Å². The van der Waals surface area contributed by atoms with Crippen LogP contribution in [0.4, 0.5) is 5.95 Å². The highest BCUT2D eigenvalue weighted by molar-refractivity contribution is 5.78. The standard InChI is InChI=1S/C22H26N4O2/c1-16(17-7-3-2-4-8-17)26-22(11-13-28-14-12-22)15-23-21-24-19-10-6-5-9-18(19)20(27)25-21/h2-10,16,26H,11-15H2,1H3,(H2,23,24,25,27). The van der Waals surface area contributed by atoms with Gasteiger partial charge in [0.05, 0.1) is 10.9 Å². The molecular weight excluding hydrogens is 352 g/mol. The topological polar surface area (TPSA) is 79.0 Å². The molecule has 2 heterocycles. The number of para-hydroxylation sites is 1. The van der Waals surface area contributed by atoms with E-state index < -0.39 is 0 Å². The highest BCUT2D eigenvalue weighted by atomic mass is 16.5. The maximum atomic E-state index is 12.3. The summed E-state index contributed by atoms with van der Waals surface area (Å²) in [6.45, 7) is 4.28. The van der Waals surface area contributed by atoms with Crippen LogP contribution in [0.3, 0.4) is 0 Å². The van der Waals surface area contributed by atoms with Crippen molar-refractivity contribution in [1.29, 1.82) is 0 Å². The highest BCUT2D eigenvalue weighted by Crippen LogP contribution is 2.26. The van der Waals surface area contributed by atoms with Crippen LogP contribution in [0.2, 0.25) is 0 Å². The second-order valence-electron chi connectivity index (χ2n) is 7.45. The number of aromatic amines is 1. The van der Waals surface area contributed by atoms with Crippen molar-refractivity contribution in [3.05, 3.63) is 70.5 Å². The average Bonchev–Trinajstić information content (AvgIpc) is 2.74. The predicted molar refractivity (Wildman–Crippen MR) is 112 cm³/mol. The number of aromatic nitrogens is 2. The molecule has 1 atom stereocenters. The first-order valence-electron chi connectivity index (χ1n) is 9.79. The maximum absolute atomic E-state index is 12.3. The lowest BCUT2D eigenvalue weighted by molar-refractivity contribution is 0.0389. The van der Waals surface area contributed by atoms with E-state index in [9.17, 15) is 4.79 Å². The molecule has 0 bridgehead atoms. The zero-order valence-electron chi connectivity index (χ0n) is 16.1. The summed E-state index contributed by atoms with van der Waals surface area (Å²) in [6, 6.07) is 18.0. The van der Waals surface area contributed by atoms with Crippen LogP contribution in [-0.4, -0.2) is 35.3 Å². The minimum absolute atomic E-state index is 0.125. The first-order valence-corrected chi connectivity index (χ1v) is 9.79. The number of hydrogen-bond donors (Lipinski definition) is 3. The van der Waals surface area contributed by atoms with Gasteiger partial charge in [-0.05, 0) is 37.5 Å². The van der Waals surface area contributed by atoms with Crippen molar-refractivity contribution in [2.24, 2.45) is 0 Å². The van der Waals surface area contributed by atoms with Crippen LogP contribution >= 0.6 is 0 Å². The lowest BCUT2D eigenvalue weighted by atomic mass is 9.88. The van der Waals surface area contributed by atoms with Gasteiger partial charge in [-0.3, -0.25) is 9.78 Å². The zero-order chi connectivity index (χ0) is 19.4. The second-order valence-corrected chi connectivity index (χ2v) is 7.45. The Morgan fingerprint density at radius 1 is 1.11 bits per heavy atom. The molecule has 4 rings (SSSR count). The average molecular weight is 378 g/mol. The number of fused-ring (bicyclic) bond motifs is 1. The number of anilines is 1. The molecule has 1 unspecified atom stereocenters. The maximum Gasteiger partial charge on any atom is 0.260 e. The predicted octanol–water partition coefficient (Wildman–Crippen LogP) is 3.24. The molecule has 146 valence electrons. The van der Waals surface area contributed by atoms with E-state index in [0.29, 0.717) is 23.4 Å². The molecule has 1 aliphatic rings. The van der Waals surface area contributed by atoms with Crippen molar-refractivity contribution >= 4 is 16.9 Å². The van der Waals surface area contributed by atoms with E-state index in [1.54, 1.807) is 6.07 Å². The van der Waals surface area contributed by atoms with Crippen molar-refractivity contribution in [1.82, 2.24) is 15.3 Å². The summed E-state index contributed by atoms with van der Waals surface area (Å²) in [6.07, 6.45) is 1.80. The van der Waals surface area contributed by atoms with Gasteiger partial charge < -0.3 is 15.4 Å². The third-order valence-corrected chi connectivity index (χ3v) is 5.48. The molecule has 0 radical (unpaired) electrons. The fourth-order valence-electron chi connectivity index (χ4n) is 3.84. The first kappa shape index (κ1) is 18.7. The molecule has 1 fully saturated rings. The zero-order valence-corrected chi connectivity index (χ0v) is 16.1. The van der Waals surface area contributed by atoms with Gasteiger partial charge in [-0.2, -0.15) is 0 Å². The Hall–Kier alpha value is -2.70. The van der Waals surface area contributed by atoms with Gasteiger partial charge in [0.15, 0.2) is 0 Å². The van der Waals surface area contributed by atoms with Gasteiger partial charge in [-0.25, -0.2) is 4.98 Å². The smallest absolute Gasteiger partial charge is 0.260 e. The summed E-state index contributed by atoms with van der Waals surface area (Å²) in [5, 5.41) is 7.77. The SMILES string of the molecule is CC(NC1(CNc2nc3ccccc3c(=O)[nH]2)CCOCC1)c1ccccc1. The van der Waals surface area contributed by atoms with E-state index in [2.05, 4.69) is 51.8 Å². The molecule has 2 aromatic carbocycles. The van der Waals surface area contributed by atoms with Gasteiger partial charge in [0.1, 0.15) is 0 Å². The van der Waals surface area contributed by atoms with E-state index >= 15 is 0 Å². The number of H-pyrrole nitrogens is 1. The summed E-state index contributed by atoms with van der Waals surface area (Å²) >= 11 is 0. The van der Waals surface area contributed by atoms with Crippen LogP contribution in [0.15, 0.2) is 59.4 Å². The Balaban J connectivity index is 1.53. The van der Waals surface area contributed by atoms with Crippen LogP contribution < -0.4 is 16.2 Å². The lowest BCUT2D eigenvalue weighted by Crippen LogP contribution is -2.55. The monoisotopic (exact) mass is 378 g/mol. The summed E-state index contributed by atoms with van der Waals surface area (Å²) < 4.78 is 5.60. The summed E-state index contributed by atoms with van der Waals surface area (Å²) in [5.74, 6) is 0.503. The molecule has 1 aliphatic heterocycles. The Morgan fingerprint density at radius 2 is 1.82 bits per heavy atom. The van der Waals surface area contributed by atoms with E-state index in [1.165, 1.54) is 5.56 Å². The van der Waals surface area contributed by atoms with Crippen LogP contribution in [-0.2, 0) is 4.74 Å². The van der Waals surface area contributed by atoms with E-state index in [1.807, 2.05) is 24.3 Å². The van der Waals surface area contributed by atoms with Crippen LogP contribution in [0.5, 0.6) is 0 Å². The second kappa shape index (κ2) is 8.12. The summed E-state index contributed by atoms with van der Waals surface area (Å²) in [5.41, 5.74) is 1.70. The van der Waals surface area contributed by atoms with Gasteiger partial charge >= 0.3 is 0 Å². The Morgan fingerprint density at radius 3 is 2.61 bits per heavy atom. The minimum atomic E-state index is -0.127. The van der Waals surface area contributed by atoms with Gasteiger partial charge in [-0.1, -0.05) is 42.5 Å². The molecule has 0 aliphatic carbocycles. The number of rotatable bonds is 6. The quantitative estimate of drug-likeness (QED) is 0.614. The fourth-order valence-corrected chi connectivity index (χ4v) is 3.84. The molecule has 1 saturated heterocycles. The molecule has 28 heavy (non-hydrogen) atoms. The lowest BCUT2D eigenvalue weighted by Gasteiger charge is -2.40. The van der Waals surface area contributed by atoms with Crippen LogP contribution in [0.25, 0.3) is 10.9 Å². The molecule has 1 aromatic heterocycles. The highest BCUT2D eigenvalue weighted by Gasteiger charge is 2.34. The number of ether oxygens (including phenoxy) is 1. The third-order valence-electron chi connectivity index (χ3n) is 5.48. The van der Waals surface area contributed by atoms with Crippen LogP contribution in [0, 0.1) is 0 Å². The van der Waals surface area contributed by atoms with E-state index in [-0.39, 0.29) is 17.1 Å². The van der Waals surface area contributed by atoms with Crippen LogP contribution in [0.1, 0.15) is 31.4 Å². The Kier molecular flexibility index (Phi) is 5.41. The van der Waals surface area contributed by atoms with Gasteiger partial charge in [0, 0.05) is 31.3 Å². The fraction of sp³-hybridized carbons (Fsp3) is 0.364. The number of benzene rings is 2. The van der Waals surface area contributed by atoms with Gasteiger partial charge in [-0.15, -0.1) is 0 Å². The van der Waals surface area contributed by atoms with Gasteiger partial charge in [0.25, 0.3) is 5.56 Å². The third kappa shape index (κ3) is 4.08. The molecule has 3 aromatic rings. The molecule has 3 N–H and O–H groups in total. The van der Waals surface area contributed by atoms with Crippen molar-refractivity contribution in [3.8, 4) is 0 Å². The Labute approximate surface area is 164 Å². The van der Waals surface area contributed by atoms with Gasteiger partial charge in [0.2, 0.25) is 5.95 Å². The van der Waals surface area contributed by atoms with Crippen molar-refractivity contribution in [2.45, 2.75) is 31.3 Å². The number of nitrogens with zero attached hydrogens (tertiary/aromatic N) is 1. The largest absolute Gasteiger partial charge is 0.381 e. The van der Waals surface area contributed by atoms with Crippen molar-refractivity contribution in [2.75, 3.05) is 25.1 Å². The van der Waals surface area contributed by atoms with E-state index in [0.717, 1.165) is 26.1 Å². The Bertz CT molecular complexity index is 980. The molecule has 0 amide bonds. The number of nitrogens with one attached hydrogen (secondary N) is 3. The molecule has 0 saturated carbocycles. The molecule has 0 spiro atoms. The molecular formula is C22H26N4O2. The minimum Gasteiger partial charge on any atom is -0.381 e. The summed E-state index contributed by atoms with van der Waals surface area (Å²) in [7, 11) is 0.